The largest absolute Gasteiger partial charge is 0.480 e. The molecule has 0 heterocycles. The van der Waals surface area contributed by atoms with Crippen molar-refractivity contribution in [1.82, 2.24) is 10.6 Å². The molecule has 17 heavy (non-hydrogen) atoms. The van der Waals surface area contributed by atoms with E-state index < -0.39 is 24.0 Å². The molecule has 0 unspecified atom stereocenters. The molecule has 96 valence electrons. The van der Waals surface area contributed by atoms with Crippen LogP contribution in [-0.2, 0) is 14.3 Å². The number of amides is 2. The number of urea groups is 1. The van der Waals surface area contributed by atoms with E-state index in [2.05, 4.69) is 15.4 Å². The molecule has 0 aromatic carbocycles. The van der Waals surface area contributed by atoms with E-state index in [0.29, 0.717) is 0 Å². The highest BCUT2D eigenvalue weighted by Crippen LogP contribution is 2.17. The van der Waals surface area contributed by atoms with Gasteiger partial charge in [0.1, 0.15) is 6.04 Å². The Hall–Kier alpha value is -1.79. The summed E-state index contributed by atoms with van der Waals surface area (Å²) in [6.45, 7) is 0. The van der Waals surface area contributed by atoms with Crippen LogP contribution in [0.15, 0.2) is 0 Å². The van der Waals surface area contributed by atoms with Gasteiger partial charge in [-0.05, 0) is 19.3 Å². The molecule has 1 saturated carbocycles. The number of carbonyl (C=O) groups excluding carboxylic acids is 2. The number of hydrogen-bond donors (Lipinski definition) is 3. The second-order valence-electron chi connectivity index (χ2n) is 3.92. The molecule has 2 amide bonds. The lowest BCUT2D eigenvalue weighted by atomic mass is 9.93. The summed E-state index contributed by atoms with van der Waals surface area (Å²) in [6, 6.07) is -1.71. The molecule has 1 atom stereocenters. The summed E-state index contributed by atoms with van der Waals surface area (Å²) in [6.07, 6.45) is 2.49. The van der Waals surface area contributed by atoms with Gasteiger partial charge in [-0.3, -0.25) is 4.79 Å². The van der Waals surface area contributed by atoms with Gasteiger partial charge in [0, 0.05) is 6.04 Å². The second kappa shape index (κ2) is 6.07. The summed E-state index contributed by atoms with van der Waals surface area (Å²) in [5.41, 5.74) is 0. The molecular formula is C10H16N2O5. The Morgan fingerprint density at radius 3 is 2.47 bits per heavy atom. The van der Waals surface area contributed by atoms with Gasteiger partial charge in [-0.25, -0.2) is 9.59 Å². The fourth-order valence-corrected chi connectivity index (χ4v) is 1.39. The minimum atomic E-state index is -1.26. The number of carbonyl (C=O) groups is 3. The van der Waals surface area contributed by atoms with E-state index in [1.165, 1.54) is 0 Å². The highest BCUT2D eigenvalue weighted by atomic mass is 16.5. The molecular weight excluding hydrogens is 228 g/mol. The minimum Gasteiger partial charge on any atom is -0.480 e. The number of hydrogen-bond acceptors (Lipinski definition) is 4. The van der Waals surface area contributed by atoms with Gasteiger partial charge in [-0.1, -0.05) is 0 Å². The lowest BCUT2D eigenvalue weighted by molar-refractivity contribution is -0.147. The van der Waals surface area contributed by atoms with Crippen LogP contribution in [0.5, 0.6) is 0 Å². The Morgan fingerprint density at radius 2 is 2.06 bits per heavy atom. The molecule has 0 aromatic heterocycles. The number of carboxylic acids is 1. The zero-order chi connectivity index (χ0) is 12.8. The quantitative estimate of drug-likeness (QED) is 0.583. The second-order valence-corrected chi connectivity index (χ2v) is 3.92. The summed E-state index contributed by atoms with van der Waals surface area (Å²) in [5, 5.41) is 13.7. The van der Waals surface area contributed by atoms with Gasteiger partial charge >= 0.3 is 18.0 Å². The fraction of sp³-hybridized carbons (Fsp3) is 0.700. The van der Waals surface area contributed by atoms with Gasteiger partial charge in [-0.2, -0.15) is 0 Å². The predicted molar refractivity (Wildman–Crippen MR) is 57.4 cm³/mol. The SMILES string of the molecule is COC(=O)C[C@H](NC(=O)NC1CCC1)C(=O)O. The van der Waals surface area contributed by atoms with Gasteiger partial charge in [0.25, 0.3) is 0 Å². The Labute approximate surface area is 98.5 Å². The Bertz CT molecular complexity index is 314. The van der Waals surface area contributed by atoms with E-state index in [1.54, 1.807) is 0 Å². The maximum atomic E-state index is 11.4. The minimum absolute atomic E-state index is 0.113. The van der Waals surface area contributed by atoms with E-state index in [-0.39, 0.29) is 12.5 Å². The zero-order valence-corrected chi connectivity index (χ0v) is 9.56. The van der Waals surface area contributed by atoms with Crippen molar-refractivity contribution in [3.63, 3.8) is 0 Å². The third-order valence-corrected chi connectivity index (χ3v) is 2.64. The van der Waals surface area contributed by atoms with E-state index in [9.17, 15) is 14.4 Å². The highest BCUT2D eigenvalue weighted by Gasteiger charge is 2.26. The van der Waals surface area contributed by atoms with E-state index in [0.717, 1.165) is 26.4 Å². The van der Waals surface area contributed by atoms with Crippen LogP contribution < -0.4 is 10.6 Å². The smallest absolute Gasteiger partial charge is 0.326 e. The number of nitrogens with one attached hydrogen (secondary N) is 2. The van der Waals surface area contributed by atoms with Crippen molar-refractivity contribution in [3.05, 3.63) is 0 Å². The molecule has 3 N–H and O–H groups in total. The lowest BCUT2D eigenvalue weighted by Gasteiger charge is -2.27. The monoisotopic (exact) mass is 244 g/mol. The van der Waals surface area contributed by atoms with Crippen LogP contribution in [0.2, 0.25) is 0 Å². The van der Waals surface area contributed by atoms with E-state index in [1.807, 2.05) is 0 Å². The van der Waals surface area contributed by atoms with Crippen molar-refractivity contribution in [3.8, 4) is 0 Å². The molecule has 0 aromatic rings. The zero-order valence-electron chi connectivity index (χ0n) is 9.56. The topological polar surface area (TPSA) is 105 Å². The fourth-order valence-electron chi connectivity index (χ4n) is 1.39. The number of esters is 1. The molecule has 0 saturated heterocycles. The number of rotatable bonds is 5. The van der Waals surface area contributed by atoms with Gasteiger partial charge < -0.3 is 20.5 Å². The van der Waals surface area contributed by atoms with Crippen molar-refractivity contribution in [2.45, 2.75) is 37.8 Å². The van der Waals surface area contributed by atoms with Crippen molar-refractivity contribution in [1.29, 1.82) is 0 Å². The standard InChI is InChI=1S/C10H16N2O5/c1-17-8(13)5-7(9(14)15)12-10(16)11-6-3-2-4-6/h6-7H,2-5H2,1H3,(H,14,15)(H2,11,12,16)/t7-/m0/s1. The van der Waals surface area contributed by atoms with Crippen molar-refractivity contribution < 1.29 is 24.2 Å². The first kappa shape index (κ1) is 13.3. The first-order chi connectivity index (χ1) is 8.02. The molecule has 0 bridgehead atoms. The first-order valence-electron chi connectivity index (χ1n) is 5.39. The van der Waals surface area contributed by atoms with E-state index in [4.69, 9.17) is 5.11 Å². The third kappa shape index (κ3) is 4.29. The van der Waals surface area contributed by atoms with Crippen LogP contribution in [0.4, 0.5) is 4.79 Å². The molecule has 0 aliphatic heterocycles. The molecule has 0 spiro atoms. The van der Waals surface area contributed by atoms with Gasteiger partial charge in [0.2, 0.25) is 0 Å². The van der Waals surface area contributed by atoms with Crippen LogP contribution in [0.25, 0.3) is 0 Å². The summed E-state index contributed by atoms with van der Waals surface area (Å²) >= 11 is 0. The summed E-state index contributed by atoms with van der Waals surface area (Å²) in [7, 11) is 1.16. The molecule has 1 fully saturated rings. The maximum Gasteiger partial charge on any atom is 0.326 e. The van der Waals surface area contributed by atoms with Crippen LogP contribution in [0, 0.1) is 0 Å². The third-order valence-electron chi connectivity index (χ3n) is 2.64. The van der Waals surface area contributed by atoms with Gasteiger partial charge in [0.15, 0.2) is 0 Å². The highest BCUT2D eigenvalue weighted by molar-refractivity contribution is 5.86. The van der Waals surface area contributed by atoms with Crippen LogP contribution >= 0.6 is 0 Å². The van der Waals surface area contributed by atoms with Crippen LogP contribution in [0.1, 0.15) is 25.7 Å². The average molecular weight is 244 g/mol. The average Bonchev–Trinajstić information content (AvgIpc) is 2.22. The molecule has 7 nitrogen and oxygen atoms in total. The van der Waals surface area contributed by atoms with Gasteiger partial charge in [0.05, 0.1) is 13.5 Å². The summed E-state index contributed by atoms with van der Waals surface area (Å²) < 4.78 is 4.35. The number of methoxy groups -OCH3 is 1. The molecule has 1 rings (SSSR count). The Kier molecular flexibility index (Phi) is 4.74. The summed E-state index contributed by atoms with van der Waals surface area (Å²) in [4.78, 5) is 33.1. The number of aliphatic carboxylic acids is 1. The number of ether oxygens (including phenoxy) is 1. The normalized spacial score (nSPS) is 16.5. The lowest BCUT2D eigenvalue weighted by Crippen LogP contribution is -2.51. The summed E-state index contributed by atoms with van der Waals surface area (Å²) in [5.74, 6) is -1.94. The van der Waals surface area contributed by atoms with Crippen molar-refractivity contribution >= 4 is 18.0 Å². The van der Waals surface area contributed by atoms with Crippen LogP contribution in [-0.4, -0.2) is 42.3 Å². The predicted octanol–water partition coefficient (Wildman–Crippen LogP) is -0.146. The van der Waals surface area contributed by atoms with Crippen molar-refractivity contribution in [2.24, 2.45) is 0 Å². The molecule has 7 heteroatoms. The van der Waals surface area contributed by atoms with Crippen molar-refractivity contribution in [2.75, 3.05) is 7.11 Å². The van der Waals surface area contributed by atoms with Gasteiger partial charge in [-0.15, -0.1) is 0 Å². The molecule has 1 aliphatic rings. The van der Waals surface area contributed by atoms with Crippen LogP contribution in [0.3, 0.4) is 0 Å². The number of carboxylic acid groups (broad SMARTS) is 1. The molecule has 0 radical (unpaired) electrons. The Morgan fingerprint density at radius 1 is 1.41 bits per heavy atom. The molecule has 1 aliphatic carbocycles. The first-order valence-corrected chi connectivity index (χ1v) is 5.39. The van der Waals surface area contributed by atoms with E-state index >= 15 is 0 Å². The maximum absolute atomic E-state index is 11.4. The Balaban J connectivity index is 2.39.